The molecule has 1 amide bonds. The van der Waals surface area contributed by atoms with Gasteiger partial charge in [-0.2, -0.15) is 5.10 Å². The van der Waals surface area contributed by atoms with E-state index in [1.54, 1.807) is 6.92 Å². The molecule has 2 aromatic rings. The molecule has 0 saturated heterocycles. The molecule has 0 aliphatic heterocycles. The average molecular weight is 393 g/mol. The quantitative estimate of drug-likeness (QED) is 0.212. The first-order chi connectivity index (χ1) is 13.3. The lowest BCUT2D eigenvalue weighted by Crippen LogP contribution is -2.31. The lowest BCUT2D eigenvalue weighted by Gasteiger charge is -2.07. The maximum Gasteiger partial charge on any atom is 0.342 e. The number of hydrogen-bond acceptors (Lipinski definition) is 10. The van der Waals surface area contributed by atoms with Crippen LogP contribution in [0.25, 0.3) is 0 Å². The summed E-state index contributed by atoms with van der Waals surface area (Å²) in [6, 6.07) is 2.36. The summed E-state index contributed by atoms with van der Waals surface area (Å²) < 4.78 is 5.12. The maximum atomic E-state index is 11.7. The highest BCUT2D eigenvalue weighted by molar-refractivity contribution is 5.85. The number of nitrogens with one attached hydrogen (secondary N) is 4. The average Bonchev–Trinajstić information content (AvgIpc) is 2.63. The van der Waals surface area contributed by atoms with Gasteiger partial charge in [-0.25, -0.2) is 15.3 Å². The van der Waals surface area contributed by atoms with Crippen LogP contribution in [0.3, 0.4) is 0 Å². The first-order valence-corrected chi connectivity index (χ1v) is 7.70. The zero-order valence-corrected chi connectivity index (χ0v) is 14.4. The molecule has 14 heteroatoms. The molecular formula is C14H15N7O7. The number of aromatic nitrogens is 3. The van der Waals surface area contributed by atoms with Crippen molar-refractivity contribution < 1.29 is 19.6 Å². The van der Waals surface area contributed by atoms with Crippen molar-refractivity contribution in [3.63, 3.8) is 0 Å². The van der Waals surface area contributed by atoms with Gasteiger partial charge in [-0.05, 0) is 13.0 Å². The number of phenols is 1. The molecule has 0 unspecified atom stereocenters. The molecule has 14 nitrogen and oxygen atoms in total. The number of amides is 1. The smallest absolute Gasteiger partial charge is 0.342 e. The van der Waals surface area contributed by atoms with E-state index < -0.39 is 33.5 Å². The van der Waals surface area contributed by atoms with E-state index in [0.29, 0.717) is 0 Å². The molecule has 0 aliphatic rings. The van der Waals surface area contributed by atoms with Crippen molar-refractivity contribution >= 4 is 23.6 Å². The highest BCUT2D eigenvalue weighted by Crippen LogP contribution is 2.36. The van der Waals surface area contributed by atoms with E-state index in [1.165, 1.54) is 6.07 Å². The number of nitrogens with zero attached hydrogens (tertiary/aromatic N) is 3. The fraction of sp³-hybridized carbons (Fsp3) is 0.214. The Morgan fingerprint density at radius 1 is 1.46 bits per heavy atom. The van der Waals surface area contributed by atoms with Gasteiger partial charge in [0.15, 0.2) is 5.75 Å². The second kappa shape index (κ2) is 8.93. The number of benzene rings is 1. The van der Waals surface area contributed by atoms with Crippen molar-refractivity contribution in [1.29, 1.82) is 0 Å². The van der Waals surface area contributed by atoms with E-state index in [1.807, 2.05) is 10.1 Å². The van der Waals surface area contributed by atoms with Crippen LogP contribution in [0.15, 0.2) is 26.8 Å². The zero-order valence-electron chi connectivity index (χ0n) is 14.4. The normalized spacial score (nSPS) is 10.6. The van der Waals surface area contributed by atoms with Crippen LogP contribution in [0.5, 0.6) is 11.5 Å². The maximum absolute atomic E-state index is 11.7. The van der Waals surface area contributed by atoms with Gasteiger partial charge in [-0.3, -0.25) is 24.7 Å². The number of aromatic amines is 2. The van der Waals surface area contributed by atoms with Gasteiger partial charge in [0.25, 0.3) is 11.5 Å². The SMILES string of the molecule is CCOc1cc(/C=N/NC(=O)CNc2n[nH]c(=O)[nH]c2=O)cc([N+](=O)[O-])c1O. The number of aromatic hydroxyl groups is 1. The fourth-order valence-electron chi connectivity index (χ4n) is 1.94. The Hall–Kier alpha value is -4.23. The Bertz CT molecular complexity index is 1030. The van der Waals surface area contributed by atoms with Gasteiger partial charge in [-0.1, -0.05) is 0 Å². The van der Waals surface area contributed by atoms with Gasteiger partial charge in [0.05, 0.1) is 24.3 Å². The molecule has 5 N–H and O–H groups in total. The molecule has 0 aliphatic carbocycles. The minimum atomic E-state index is -0.806. The third-order valence-electron chi connectivity index (χ3n) is 3.10. The predicted octanol–water partition coefficient (Wildman–Crippen LogP) is -0.967. The van der Waals surface area contributed by atoms with Gasteiger partial charge in [0, 0.05) is 11.6 Å². The number of anilines is 1. The summed E-state index contributed by atoms with van der Waals surface area (Å²) >= 11 is 0. The molecular weight excluding hydrogens is 378 g/mol. The Morgan fingerprint density at radius 2 is 2.21 bits per heavy atom. The van der Waals surface area contributed by atoms with Gasteiger partial charge in [0.1, 0.15) is 0 Å². The van der Waals surface area contributed by atoms with Gasteiger partial charge in [0.2, 0.25) is 11.6 Å². The third-order valence-corrected chi connectivity index (χ3v) is 3.10. The molecule has 1 heterocycles. The number of H-pyrrole nitrogens is 2. The van der Waals surface area contributed by atoms with Crippen molar-refractivity contribution in [2.75, 3.05) is 18.5 Å². The molecule has 148 valence electrons. The topological polar surface area (TPSA) is 205 Å². The second-order valence-electron chi connectivity index (χ2n) is 5.08. The Morgan fingerprint density at radius 3 is 2.86 bits per heavy atom. The first kappa shape index (κ1) is 20.1. The molecule has 0 bridgehead atoms. The summed E-state index contributed by atoms with van der Waals surface area (Å²) in [7, 11) is 0. The van der Waals surface area contributed by atoms with Gasteiger partial charge >= 0.3 is 11.4 Å². The van der Waals surface area contributed by atoms with Crippen LogP contribution < -0.4 is 26.7 Å². The molecule has 0 fully saturated rings. The first-order valence-electron chi connectivity index (χ1n) is 7.70. The third kappa shape index (κ3) is 5.13. The van der Waals surface area contributed by atoms with E-state index in [9.17, 15) is 29.6 Å². The standard InChI is InChI=1S/C14H15N7O7/c1-2-28-9-4-7(3-8(11(9)23)21(26)27)5-16-18-10(22)6-15-12-13(24)17-14(25)20-19-12/h3-5,23H,2,6H2,1H3,(H,15,19)(H,18,22)(H2,17,20,24,25)/b16-5+. The van der Waals surface area contributed by atoms with E-state index in [2.05, 4.69) is 20.9 Å². The number of rotatable bonds is 8. The Balaban J connectivity index is 2.03. The number of hydrazone groups is 1. The number of phenolic OH excluding ortho intramolecular Hbond substituents is 1. The molecule has 1 aromatic carbocycles. The van der Waals surface area contributed by atoms with E-state index in [-0.39, 0.29) is 30.3 Å². The summed E-state index contributed by atoms with van der Waals surface area (Å²) in [5.41, 5.74) is 0.146. The van der Waals surface area contributed by atoms with Crippen LogP contribution in [0, 0.1) is 10.1 Å². The van der Waals surface area contributed by atoms with Crippen molar-refractivity contribution in [3.8, 4) is 11.5 Å². The number of ether oxygens (including phenoxy) is 1. The van der Waals surface area contributed by atoms with E-state index in [4.69, 9.17) is 4.74 Å². The van der Waals surface area contributed by atoms with Gasteiger partial charge < -0.3 is 15.2 Å². The molecule has 0 saturated carbocycles. The molecule has 0 atom stereocenters. The summed E-state index contributed by atoms with van der Waals surface area (Å²) in [6.07, 6.45) is 1.11. The number of carbonyl (C=O) groups is 1. The Kier molecular flexibility index (Phi) is 6.40. The summed E-state index contributed by atoms with van der Waals surface area (Å²) in [4.78, 5) is 46.1. The minimum absolute atomic E-state index is 0.102. The van der Waals surface area contributed by atoms with Crippen molar-refractivity contribution in [2.45, 2.75) is 6.92 Å². The number of hydrogen-bond donors (Lipinski definition) is 5. The lowest BCUT2D eigenvalue weighted by atomic mass is 10.2. The highest BCUT2D eigenvalue weighted by atomic mass is 16.6. The molecule has 1 aromatic heterocycles. The van der Waals surface area contributed by atoms with Gasteiger partial charge in [-0.15, -0.1) is 5.10 Å². The molecule has 0 radical (unpaired) electrons. The van der Waals surface area contributed by atoms with Crippen LogP contribution in [0.2, 0.25) is 0 Å². The summed E-state index contributed by atoms with van der Waals surface area (Å²) in [5, 5.41) is 32.2. The fourth-order valence-corrected chi connectivity index (χ4v) is 1.94. The zero-order chi connectivity index (χ0) is 20.7. The summed E-state index contributed by atoms with van der Waals surface area (Å²) in [5.74, 6) is -1.65. The number of nitro benzene ring substituents is 1. The van der Waals surface area contributed by atoms with Crippen molar-refractivity contribution in [1.82, 2.24) is 20.6 Å². The molecule has 0 spiro atoms. The van der Waals surface area contributed by atoms with E-state index in [0.717, 1.165) is 12.3 Å². The molecule has 2 rings (SSSR count). The minimum Gasteiger partial charge on any atom is -0.500 e. The molecule has 28 heavy (non-hydrogen) atoms. The van der Waals surface area contributed by atoms with E-state index >= 15 is 0 Å². The summed E-state index contributed by atoms with van der Waals surface area (Å²) in [6.45, 7) is 1.42. The van der Waals surface area contributed by atoms with Crippen LogP contribution in [-0.4, -0.2) is 50.5 Å². The van der Waals surface area contributed by atoms with Crippen LogP contribution in [0.1, 0.15) is 12.5 Å². The van der Waals surface area contributed by atoms with Crippen LogP contribution in [0.4, 0.5) is 11.5 Å². The largest absolute Gasteiger partial charge is 0.500 e. The number of carbonyl (C=O) groups excluding carboxylic acids is 1. The highest BCUT2D eigenvalue weighted by Gasteiger charge is 2.19. The van der Waals surface area contributed by atoms with Crippen LogP contribution >= 0.6 is 0 Å². The van der Waals surface area contributed by atoms with Crippen molar-refractivity contribution in [3.05, 3.63) is 48.6 Å². The monoisotopic (exact) mass is 393 g/mol. The van der Waals surface area contributed by atoms with Crippen LogP contribution in [-0.2, 0) is 4.79 Å². The van der Waals surface area contributed by atoms with Crippen molar-refractivity contribution in [2.24, 2.45) is 5.10 Å². The number of nitro groups is 1. The predicted molar refractivity (Wildman–Crippen MR) is 95.6 cm³/mol. The Labute approximate surface area is 155 Å². The second-order valence-corrected chi connectivity index (χ2v) is 5.08. The lowest BCUT2D eigenvalue weighted by molar-refractivity contribution is -0.386.